The summed E-state index contributed by atoms with van der Waals surface area (Å²) < 4.78 is 48.9. The van der Waals surface area contributed by atoms with Gasteiger partial charge in [-0.05, 0) is 84.7 Å². The lowest BCUT2D eigenvalue weighted by molar-refractivity contribution is -0.194. The summed E-state index contributed by atoms with van der Waals surface area (Å²) in [5.74, 6) is -0.467. The number of hydrogen-bond donors (Lipinski definition) is 0. The molecule has 31 heavy (non-hydrogen) atoms. The highest BCUT2D eigenvalue weighted by Crippen LogP contribution is 2.48. The summed E-state index contributed by atoms with van der Waals surface area (Å²) in [7, 11) is 1.17. The Bertz CT molecular complexity index is 977. The lowest BCUT2D eigenvalue weighted by Crippen LogP contribution is -2.26. The molecule has 1 fully saturated rings. The van der Waals surface area contributed by atoms with Crippen LogP contribution in [0.2, 0.25) is 0 Å². The van der Waals surface area contributed by atoms with Gasteiger partial charge in [0.25, 0.3) is 0 Å². The van der Waals surface area contributed by atoms with Crippen molar-refractivity contribution in [1.82, 2.24) is 0 Å². The number of carbonyl (C=O) groups excluding carboxylic acids is 1. The Hall–Kier alpha value is -2.34. The predicted molar refractivity (Wildman–Crippen MR) is 112 cm³/mol. The quantitative estimate of drug-likeness (QED) is 0.509. The third-order valence-corrected chi connectivity index (χ3v) is 6.24. The molecular weight excluding hydrogens is 405 g/mol. The molecule has 0 amide bonds. The Morgan fingerprint density at radius 1 is 1.10 bits per heavy atom. The molecule has 2 aliphatic rings. The number of hydrogen-bond acceptors (Lipinski definition) is 3. The van der Waals surface area contributed by atoms with E-state index in [1.807, 2.05) is 18.2 Å². The van der Waals surface area contributed by atoms with E-state index in [9.17, 15) is 18.0 Å². The van der Waals surface area contributed by atoms with Gasteiger partial charge in [-0.15, -0.1) is 0 Å². The van der Waals surface area contributed by atoms with Crippen molar-refractivity contribution in [2.24, 2.45) is 0 Å². The van der Waals surface area contributed by atoms with Crippen molar-refractivity contribution in [3.63, 3.8) is 0 Å². The zero-order valence-electron chi connectivity index (χ0n) is 17.8. The molecule has 0 heterocycles. The molecule has 0 spiro atoms. The van der Waals surface area contributed by atoms with Crippen LogP contribution in [0.1, 0.15) is 65.5 Å². The second kappa shape index (κ2) is 8.65. The molecule has 2 aromatic rings. The normalized spacial score (nSPS) is 17.2. The van der Waals surface area contributed by atoms with E-state index in [1.54, 1.807) is 6.92 Å². The molecule has 0 bridgehead atoms. The van der Waals surface area contributed by atoms with Gasteiger partial charge in [-0.2, -0.15) is 13.2 Å². The van der Waals surface area contributed by atoms with E-state index in [-0.39, 0.29) is 0 Å². The first-order chi connectivity index (χ1) is 14.8. The standard InChI is InChI=1S/C25H27F3O3/c1-15-7-12-20(17-9-10-17)22(19-11-8-16-5-3-4-6-18(16)13-19)21(15)23(24(29)30-2)31-14-25(26,27)28/h7-8,11-13,17,23H,3-6,9-10,14H2,1-2H3. The van der Waals surface area contributed by atoms with Gasteiger partial charge in [-0.25, -0.2) is 4.79 Å². The fourth-order valence-corrected chi connectivity index (χ4v) is 4.58. The first-order valence-corrected chi connectivity index (χ1v) is 10.8. The number of benzene rings is 2. The van der Waals surface area contributed by atoms with E-state index < -0.39 is 24.9 Å². The van der Waals surface area contributed by atoms with Crippen LogP contribution in [0.25, 0.3) is 11.1 Å². The third-order valence-electron chi connectivity index (χ3n) is 6.24. The van der Waals surface area contributed by atoms with E-state index in [2.05, 4.69) is 12.1 Å². The monoisotopic (exact) mass is 432 g/mol. The Kier molecular flexibility index (Phi) is 6.11. The van der Waals surface area contributed by atoms with E-state index in [0.29, 0.717) is 11.5 Å². The summed E-state index contributed by atoms with van der Waals surface area (Å²) in [6, 6.07) is 10.2. The Morgan fingerprint density at radius 2 is 1.81 bits per heavy atom. The molecule has 6 heteroatoms. The van der Waals surface area contributed by atoms with Crippen molar-refractivity contribution in [3.05, 3.63) is 58.1 Å². The van der Waals surface area contributed by atoms with Gasteiger partial charge in [0.1, 0.15) is 6.61 Å². The largest absolute Gasteiger partial charge is 0.467 e. The fourth-order valence-electron chi connectivity index (χ4n) is 4.58. The van der Waals surface area contributed by atoms with Crippen LogP contribution in [0.4, 0.5) is 13.2 Å². The zero-order valence-corrected chi connectivity index (χ0v) is 17.8. The lowest BCUT2D eigenvalue weighted by Gasteiger charge is -2.25. The van der Waals surface area contributed by atoms with Crippen molar-refractivity contribution < 1.29 is 27.4 Å². The molecule has 0 aromatic heterocycles. The summed E-state index contributed by atoms with van der Waals surface area (Å²) in [6.07, 6.45) is 0.437. The van der Waals surface area contributed by atoms with E-state index in [1.165, 1.54) is 24.7 Å². The number of ether oxygens (including phenoxy) is 2. The lowest BCUT2D eigenvalue weighted by atomic mass is 9.83. The highest BCUT2D eigenvalue weighted by molar-refractivity contribution is 5.84. The summed E-state index contributed by atoms with van der Waals surface area (Å²) in [4.78, 5) is 12.6. The Morgan fingerprint density at radius 3 is 2.45 bits per heavy atom. The van der Waals surface area contributed by atoms with E-state index in [4.69, 9.17) is 9.47 Å². The van der Waals surface area contributed by atoms with E-state index >= 15 is 0 Å². The average molecular weight is 432 g/mol. The number of esters is 1. The van der Waals surface area contributed by atoms with Crippen LogP contribution >= 0.6 is 0 Å². The first-order valence-electron chi connectivity index (χ1n) is 10.8. The second-order valence-electron chi connectivity index (χ2n) is 8.55. The van der Waals surface area contributed by atoms with E-state index in [0.717, 1.165) is 54.4 Å². The smallest absolute Gasteiger partial charge is 0.411 e. The Labute approximate surface area is 180 Å². The number of alkyl halides is 3. The molecule has 0 radical (unpaired) electrons. The molecule has 2 aliphatic carbocycles. The average Bonchev–Trinajstić information content (AvgIpc) is 3.58. The summed E-state index contributed by atoms with van der Waals surface area (Å²) in [5.41, 5.74) is 6.64. The molecule has 0 N–H and O–H groups in total. The highest BCUT2D eigenvalue weighted by atomic mass is 19.4. The van der Waals surface area contributed by atoms with Crippen molar-refractivity contribution in [2.75, 3.05) is 13.7 Å². The van der Waals surface area contributed by atoms with Gasteiger partial charge in [-0.1, -0.05) is 30.3 Å². The minimum atomic E-state index is -4.54. The van der Waals surface area contributed by atoms with Gasteiger partial charge in [0, 0.05) is 5.56 Å². The molecule has 166 valence electrons. The minimum Gasteiger partial charge on any atom is -0.467 e. The number of fused-ring (bicyclic) bond motifs is 1. The van der Waals surface area contributed by atoms with Gasteiger partial charge < -0.3 is 9.47 Å². The molecule has 1 atom stereocenters. The molecule has 0 saturated heterocycles. The van der Waals surface area contributed by atoms with Gasteiger partial charge in [0.2, 0.25) is 0 Å². The van der Waals surface area contributed by atoms with Crippen LogP contribution in [0.3, 0.4) is 0 Å². The van der Waals surface area contributed by atoms with Gasteiger partial charge >= 0.3 is 12.1 Å². The molecule has 1 unspecified atom stereocenters. The maximum absolute atomic E-state index is 13.0. The molecule has 1 saturated carbocycles. The molecule has 3 nitrogen and oxygen atoms in total. The number of carbonyl (C=O) groups is 1. The molecule has 0 aliphatic heterocycles. The first kappa shape index (κ1) is 21.9. The number of rotatable bonds is 6. The van der Waals surface area contributed by atoms with Crippen LogP contribution in [-0.4, -0.2) is 25.9 Å². The van der Waals surface area contributed by atoms with Crippen molar-refractivity contribution >= 4 is 5.97 Å². The van der Waals surface area contributed by atoms with Crippen molar-refractivity contribution in [2.45, 2.75) is 63.6 Å². The Balaban J connectivity index is 1.87. The summed E-state index contributed by atoms with van der Waals surface area (Å²) in [5, 5.41) is 0. The number of methoxy groups -OCH3 is 1. The van der Waals surface area contributed by atoms with Gasteiger partial charge in [0.15, 0.2) is 6.10 Å². The van der Waals surface area contributed by atoms with Crippen LogP contribution < -0.4 is 0 Å². The third kappa shape index (κ3) is 4.79. The number of halogens is 3. The van der Waals surface area contributed by atoms with Crippen LogP contribution in [0, 0.1) is 6.92 Å². The van der Waals surface area contributed by atoms with Crippen LogP contribution in [0.5, 0.6) is 0 Å². The second-order valence-corrected chi connectivity index (χ2v) is 8.55. The number of aryl methyl sites for hydroxylation is 3. The zero-order chi connectivity index (χ0) is 22.2. The predicted octanol–water partition coefficient (Wildman–Crippen LogP) is 6.21. The van der Waals surface area contributed by atoms with Crippen molar-refractivity contribution in [1.29, 1.82) is 0 Å². The fraction of sp³-hybridized carbons (Fsp3) is 0.480. The minimum absolute atomic E-state index is 0.353. The van der Waals surface area contributed by atoms with Crippen LogP contribution in [-0.2, 0) is 27.1 Å². The molecular formula is C25H27F3O3. The summed E-state index contributed by atoms with van der Waals surface area (Å²) >= 11 is 0. The van der Waals surface area contributed by atoms with Crippen molar-refractivity contribution in [3.8, 4) is 11.1 Å². The molecule has 2 aromatic carbocycles. The maximum atomic E-state index is 13.0. The maximum Gasteiger partial charge on any atom is 0.411 e. The topological polar surface area (TPSA) is 35.5 Å². The van der Waals surface area contributed by atoms with Gasteiger partial charge in [-0.3, -0.25) is 0 Å². The summed E-state index contributed by atoms with van der Waals surface area (Å²) in [6.45, 7) is 0.296. The SMILES string of the molecule is COC(=O)C(OCC(F)(F)F)c1c(C)ccc(C2CC2)c1-c1ccc2c(c1)CCCC2. The highest BCUT2D eigenvalue weighted by Gasteiger charge is 2.36. The van der Waals surface area contributed by atoms with Gasteiger partial charge in [0.05, 0.1) is 7.11 Å². The molecule has 4 rings (SSSR count). The van der Waals surface area contributed by atoms with Crippen LogP contribution in [0.15, 0.2) is 30.3 Å².